The normalized spacial score (nSPS) is 10.7. The molecular weight excluding hydrogens is 194 g/mol. The highest BCUT2D eigenvalue weighted by atomic mass is 32.2. The van der Waals surface area contributed by atoms with E-state index in [0.29, 0.717) is 0 Å². The number of hydrogen-bond acceptors (Lipinski definition) is 2. The summed E-state index contributed by atoms with van der Waals surface area (Å²) in [6, 6.07) is 6.02. The number of aromatic amines is 1. The number of thioether (sulfide) groups is 1. The molecule has 3 heteroatoms. The van der Waals surface area contributed by atoms with E-state index in [2.05, 4.69) is 4.98 Å². The summed E-state index contributed by atoms with van der Waals surface area (Å²) in [6.45, 7) is 1.60. The molecule has 0 radical (unpaired) electrons. The van der Waals surface area contributed by atoms with Gasteiger partial charge in [0, 0.05) is 27.6 Å². The number of carbonyl (C=O) groups excluding carboxylic acids is 1. The van der Waals surface area contributed by atoms with E-state index in [9.17, 15) is 4.79 Å². The molecule has 14 heavy (non-hydrogen) atoms. The molecule has 0 unspecified atom stereocenters. The zero-order valence-corrected chi connectivity index (χ0v) is 8.94. The molecule has 0 atom stereocenters. The fourth-order valence-corrected chi connectivity index (χ4v) is 2.24. The Morgan fingerprint density at radius 1 is 1.43 bits per heavy atom. The van der Waals surface area contributed by atoms with E-state index >= 15 is 0 Å². The third-order valence-electron chi connectivity index (χ3n) is 2.27. The van der Waals surface area contributed by atoms with Gasteiger partial charge in [0.05, 0.1) is 0 Å². The van der Waals surface area contributed by atoms with Crippen molar-refractivity contribution in [2.75, 3.05) is 6.26 Å². The number of rotatable bonds is 2. The average Bonchev–Trinajstić information content (AvgIpc) is 2.60. The van der Waals surface area contributed by atoms with Gasteiger partial charge in [-0.2, -0.15) is 0 Å². The zero-order chi connectivity index (χ0) is 10.1. The minimum absolute atomic E-state index is 0.109. The van der Waals surface area contributed by atoms with Crippen LogP contribution in [0.25, 0.3) is 10.9 Å². The molecule has 0 bridgehead atoms. The predicted molar refractivity (Wildman–Crippen MR) is 60.1 cm³/mol. The van der Waals surface area contributed by atoms with Crippen molar-refractivity contribution in [3.05, 3.63) is 30.0 Å². The lowest BCUT2D eigenvalue weighted by atomic mass is 10.1. The summed E-state index contributed by atoms with van der Waals surface area (Å²) in [4.78, 5) is 15.6. The van der Waals surface area contributed by atoms with Crippen LogP contribution in [0.2, 0.25) is 0 Å². The first-order valence-corrected chi connectivity index (χ1v) is 5.61. The first-order chi connectivity index (χ1) is 6.74. The minimum Gasteiger partial charge on any atom is -0.360 e. The molecule has 1 aromatic carbocycles. The number of fused-ring (bicyclic) bond motifs is 1. The number of H-pyrrole nitrogens is 1. The molecule has 1 N–H and O–H groups in total. The van der Waals surface area contributed by atoms with Crippen molar-refractivity contribution in [3.8, 4) is 0 Å². The Morgan fingerprint density at radius 3 is 2.86 bits per heavy atom. The molecule has 1 aromatic heterocycles. The molecule has 2 nitrogen and oxygen atoms in total. The smallest absolute Gasteiger partial charge is 0.161 e. The van der Waals surface area contributed by atoms with Crippen LogP contribution < -0.4 is 0 Å². The molecule has 72 valence electrons. The molecule has 0 saturated carbocycles. The molecule has 0 amide bonds. The van der Waals surface area contributed by atoms with Crippen LogP contribution in [0.5, 0.6) is 0 Å². The topological polar surface area (TPSA) is 32.9 Å². The van der Waals surface area contributed by atoms with Crippen molar-refractivity contribution < 1.29 is 4.79 Å². The van der Waals surface area contributed by atoms with E-state index in [1.54, 1.807) is 24.9 Å². The highest BCUT2D eigenvalue weighted by molar-refractivity contribution is 7.98. The molecule has 1 heterocycles. The molecule has 2 rings (SSSR count). The van der Waals surface area contributed by atoms with E-state index in [4.69, 9.17) is 0 Å². The van der Waals surface area contributed by atoms with Crippen molar-refractivity contribution in [3.63, 3.8) is 0 Å². The lowest BCUT2D eigenvalue weighted by Crippen LogP contribution is -1.89. The number of aromatic nitrogens is 1. The van der Waals surface area contributed by atoms with Gasteiger partial charge in [-0.05, 0) is 25.3 Å². The van der Waals surface area contributed by atoms with Crippen molar-refractivity contribution in [2.45, 2.75) is 11.8 Å². The highest BCUT2D eigenvalue weighted by Gasteiger charge is 2.10. The van der Waals surface area contributed by atoms with Crippen LogP contribution in [-0.2, 0) is 0 Å². The fourth-order valence-electron chi connectivity index (χ4n) is 1.60. The molecule has 0 aliphatic carbocycles. The Hall–Kier alpha value is -1.22. The third-order valence-corrected chi connectivity index (χ3v) is 3.05. The van der Waals surface area contributed by atoms with Crippen LogP contribution in [0.4, 0.5) is 0 Å². The SMILES string of the molecule is CSc1cccc2[nH]cc(C(C)=O)c12. The Labute approximate surface area is 86.7 Å². The first-order valence-electron chi connectivity index (χ1n) is 4.39. The van der Waals surface area contributed by atoms with E-state index < -0.39 is 0 Å². The Bertz CT molecular complexity index is 487. The van der Waals surface area contributed by atoms with Gasteiger partial charge >= 0.3 is 0 Å². The molecule has 0 aliphatic rings. The van der Waals surface area contributed by atoms with Crippen LogP contribution in [0.15, 0.2) is 29.3 Å². The largest absolute Gasteiger partial charge is 0.360 e. The van der Waals surface area contributed by atoms with Gasteiger partial charge in [0.1, 0.15) is 0 Å². The lowest BCUT2D eigenvalue weighted by molar-refractivity contribution is 0.101. The van der Waals surface area contributed by atoms with Crippen molar-refractivity contribution in [1.82, 2.24) is 4.98 Å². The second-order valence-corrected chi connectivity index (χ2v) is 3.99. The maximum Gasteiger partial charge on any atom is 0.161 e. The predicted octanol–water partition coefficient (Wildman–Crippen LogP) is 3.09. The Kier molecular flexibility index (Phi) is 2.33. The second-order valence-electron chi connectivity index (χ2n) is 3.14. The summed E-state index contributed by atoms with van der Waals surface area (Å²) in [7, 11) is 0. The van der Waals surface area contributed by atoms with Gasteiger partial charge in [0.15, 0.2) is 5.78 Å². The summed E-state index contributed by atoms with van der Waals surface area (Å²) < 4.78 is 0. The van der Waals surface area contributed by atoms with E-state index in [1.807, 2.05) is 24.5 Å². The van der Waals surface area contributed by atoms with Crippen LogP contribution in [0.3, 0.4) is 0 Å². The minimum atomic E-state index is 0.109. The number of carbonyl (C=O) groups is 1. The van der Waals surface area contributed by atoms with Crippen LogP contribution in [-0.4, -0.2) is 17.0 Å². The van der Waals surface area contributed by atoms with Crippen LogP contribution >= 0.6 is 11.8 Å². The van der Waals surface area contributed by atoms with Gasteiger partial charge in [-0.15, -0.1) is 11.8 Å². The molecule has 0 spiro atoms. The van der Waals surface area contributed by atoms with E-state index in [0.717, 1.165) is 21.4 Å². The van der Waals surface area contributed by atoms with E-state index in [-0.39, 0.29) is 5.78 Å². The van der Waals surface area contributed by atoms with E-state index in [1.165, 1.54) is 0 Å². The van der Waals surface area contributed by atoms with Crippen LogP contribution in [0, 0.1) is 0 Å². The Balaban J connectivity index is 2.81. The van der Waals surface area contributed by atoms with Crippen molar-refractivity contribution in [2.24, 2.45) is 0 Å². The number of ketones is 1. The summed E-state index contributed by atoms with van der Waals surface area (Å²) in [5, 5.41) is 1.05. The number of nitrogens with one attached hydrogen (secondary N) is 1. The van der Waals surface area contributed by atoms with Gasteiger partial charge in [-0.3, -0.25) is 4.79 Å². The number of benzene rings is 1. The number of hydrogen-bond donors (Lipinski definition) is 1. The van der Waals surface area contributed by atoms with Gasteiger partial charge in [0.25, 0.3) is 0 Å². The first kappa shape index (κ1) is 9.34. The average molecular weight is 205 g/mol. The third kappa shape index (κ3) is 1.34. The summed E-state index contributed by atoms with van der Waals surface area (Å²) in [6.07, 6.45) is 3.80. The van der Waals surface area contributed by atoms with Gasteiger partial charge in [-0.1, -0.05) is 6.07 Å². The van der Waals surface area contributed by atoms with Gasteiger partial charge in [0.2, 0.25) is 0 Å². The second kappa shape index (κ2) is 3.50. The summed E-state index contributed by atoms with van der Waals surface area (Å²) in [5.41, 5.74) is 1.81. The molecule has 2 aromatic rings. The molecule has 0 fully saturated rings. The Morgan fingerprint density at radius 2 is 2.21 bits per heavy atom. The lowest BCUT2D eigenvalue weighted by Gasteiger charge is -2.00. The quantitative estimate of drug-likeness (QED) is 0.603. The summed E-state index contributed by atoms with van der Waals surface area (Å²) >= 11 is 1.66. The summed E-state index contributed by atoms with van der Waals surface area (Å²) in [5.74, 6) is 0.109. The highest BCUT2D eigenvalue weighted by Crippen LogP contribution is 2.29. The number of Topliss-reactive ketones (excluding diaryl/α,β-unsaturated/α-hetero) is 1. The van der Waals surface area contributed by atoms with Gasteiger partial charge < -0.3 is 4.98 Å². The maximum atomic E-state index is 11.4. The fraction of sp³-hybridized carbons (Fsp3) is 0.182. The monoisotopic (exact) mass is 205 g/mol. The van der Waals surface area contributed by atoms with Crippen molar-refractivity contribution in [1.29, 1.82) is 0 Å². The molecule has 0 aliphatic heterocycles. The standard InChI is InChI=1S/C11H11NOS/c1-7(13)8-6-12-9-4-3-5-10(14-2)11(8)9/h3-6,12H,1-2H3. The molecular formula is C11H11NOS. The van der Waals surface area contributed by atoms with Gasteiger partial charge in [-0.25, -0.2) is 0 Å². The van der Waals surface area contributed by atoms with Crippen molar-refractivity contribution >= 4 is 28.4 Å². The van der Waals surface area contributed by atoms with Crippen LogP contribution in [0.1, 0.15) is 17.3 Å². The molecule has 0 saturated heterocycles. The maximum absolute atomic E-state index is 11.4. The zero-order valence-electron chi connectivity index (χ0n) is 8.13.